The van der Waals surface area contributed by atoms with Crippen LogP contribution in [0.3, 0.4) is 0 Å². The van der Waals surface area contributed by atoms with Gasteiger partial charge in [0, 0.05) is 24.7 Å². The molecule has 0 aliphatic rings. The molecule has 0 radical (unpaired) electrons. The molecule has 1 rings (SSSR count). The number of carboxylic acids is 1. The van der Waals surface area contributed by atoms with E-state index in [2.05, 4.69) is 16.6 Å². The molecule has 0 saturated carbocycles. The van der Waals surface area contributed by atoms with E-state index in [1.807, 2.05) is 0 Å². The van der Waals surface area contributed by atoms with Crippen LogP contribution >= 0.6 is 0 Å². The lowest BCUT2D eigenvalue weighted by atomic mass is 10.2. The van der Waals surface area contributed by atoms with E-state index in [4.69, 9.17) is 11.5 Å². The van der Waals surface area contributed by atoms with E-state index in [0.717, 1.165) is 18.9 Å². The Balaban J connectivity index is 2.44. The number of aliphatic carboxylic acids is 1. The number of amides is 2. The van der Waals surface area contributed by atoms with E-state index < -0.39 is 5.97 Å². The van der Waals surface area contributed by atoms with Gasteiger partial charge in [-0.25, -0.2) is 9.59 Å². The third kappa shape index (κ3) is 7.43. The zero-order valence-corrected chi connectivity index (χ0v) is 11.6. The highest BCUT2D eigenvalue weighted by Gasteiger charge is 2.01. The standard InChI is InChI=1S/C16H18N2O3/c1-2-3-4-5-11-17-16(21)18-14-8-6-7-13(12-14)9-10-15(19)20/h1,6-10,12H,3-5,11H2,(H,19,20)(H2,17,18,21)/b10-9+. The van der Waals surface area contributed by atoms with Crippen LogP contribution in [0, 0.1) is 12.3 Å². The first-order valence-corrected chi connectivity index (χ1v) is 6.61. The van der Waals surface area contributed by atoms with Crippen LogP contribution < -0.4 is 10.6 Å². The maximum absolute atomic E-state index is 11.6. The molecule has 1 aromatic rings. The van der Waals surface area contributed by atoms with E-state index in [0.29, 0.717) is 24.2 Å². The van der Waals surface area contributed by atoms with E-state index >= 15 is 0 Å². The van der Waals surface area contributed by atoms with E-state index in [1.54, 1.807) is 24.3 Å². The van der Waals surface area contributed by atoms with Crippen molar-refractivity contribution < 1.29 is 14.7 Å². The first-order valence-electron chi connectivity index (χ1n) is 6.61. The van der Waals surface area contributed by atoms with Crippen LogP contribution in [0.5, 0.6) is 0 Å². The monoisotopic (exact) mass is 286 g/mol. The van der Waals surface area contributed by atoms with Crippen LogP contribution in [0.1, 0.15) is 24.8 Å². The third-order valence-corrected chi connectivity index (χ3v) is 2.60. The van der Waals surface area contributed by atoms with Gasteiger partial charge < -0.3 is 15.7 Å². The highest BCUT2D eigenvalue weighted by atomic mass is 16.4. The molecule has 2 amide bonds. The Kier molecular flexibility index (Phi) is 7.15. The van der Waals surface area contributed by atoms with E-state index in [-0.39, 0.29) is 6.03 Å². The number of terminal acetylenes is 1. The van der Waals surface area contributed by atoms with E-state index in [1.165, 1.54) is 6.08 Å². The number of hydrogen-bond acceptors (Lipinski definition) is 2. The van der Waals surface area contributed by atoms with Crippen molar-refractivity contribution in [2.75, 3.05) is 11.9 Å². The average molecular weight is 286 g/mol. The van der Waals surface area contributed by atoms with Crippen molar-refractivity contribution in [2.24, 2.45) is 0 Å². The highest BCUT2D eigenvalue weighted by molar-refractivity contribution is 5.90. The van der Waals surface area contributed by atoms with Crippen LogP contribution in [0.15, 0.2) is 30.3 Å². The van der Waals surface area contributed by atoms with Gasteiger partial charge in [0.1, 0.15) is 0 Å². The number of carboxylic acid groups (broad SMARTS) is 1. The van der Waals surface area contributed by atoms with Crippen LogP contribution in [0.25, 0.3) is 6.08 Å². The number of benzene rings is 1. The Labute approximate surface area is 124 Å². The van der Waals surface area contributed by atoms with Crippen molar-refractivity contribution in [3.8, 4) is 12.3 Å². The molecule has 0 aliphatic carbocycles. The second-order valence-electron chi connectivity index (χ2n) is 4.34. The molecule has 5 heteroatoms. The van der Waals surface area contributed by atoms with Crippen LogP contribution in [-0.4, -0.2) is 23.7 Å². The highest BCUT2D eigenvalue weighted by Crippen LogP contribution is 2.11. The molecule has 21 heavy (non-hydrogen) atoms. The predicted molar refractivity (Wildman–Crippen MR) is 82.8 cm³/mol. The van der Waals surface area contributed by atoms with Gasteiger partial charge in [0.2, 0.25) is 0 Å². The molecule has 0 bridgehead atoms. The van der Waals surface area contributed by atoms with Gasteiger partial charge in [-0.15, -0.1) is 12.3 Å². The molecular weight excluding hydrogens is 268 g/mol. The topological polar surface area (TPSA) is 78.4 Å². The summed E-state index contributed by atoms with van der Waals surface area (Å²) in [6.07, 6.45) is 10.1. The van der Waals surface area contributed by atoms with E-state index in [9.17, 15) is 9.59 Å². The first-order chi connectivity index (χ1) is 10.1. The molecular formula is C16H18N2O3. The van der Waals surface area contributed by atoms with Crippen molar-refractivity contribution in [1.82, 2.24) is 5.32 Å². The number of carbonyl (C=O) groups excluding carboxylic acids is 1. The Morgan fingerprint density at radius 1 is 1.33 bits per heavy atom. The molecule has 0 fully saturated rings. The Morgan fingerprint density at radius 3 is 2.86 bits per heavy atom. The number of nitrogens with one attached hydrogen (secondary N) is 2. The number of rotatable bonds is 7. The quantitative estimate of drug-likeness (QED) is 0.409. The molecule has 0 unspecified atom stereocenters. The number of unbranched alkanes of at least 4 members (excludes halogenated alkanes) is 2. The van der Waals surface area contributed by atoms with Crippen LogP contribution in [-0.2, 0) is 4.79 Å². The number of hydrogen-bond donors (Lipinski definition) is 3. The summed E-state index contributed by atoms with van der Waals surface area (Å²) in [5, 5.41) is 14.0. The lowest BCUT2D eigenvalue weighted by Gasteiger charge is -2.07. The molecule has 0 aromatic heterocycles. The summed E-state index contributed by atoms with van der Waals surface area (Å²) in [7, 11) is 0. The first kappa shape index (κ1) is 16.3. The van der Waals surface area contributed by atoms with Gasteiger partial charge in [0.25, 0.3) is 0 Å². The van der Waals surface area contributed by atoms with Gasteiger partial charge in [-0.2, -0.15) is 0 Å². The summed E-state index contributed by atoms with van der Waals surface area (Å²) in [4.78, 5) is 22.1. The summed E-state index contributed by atoms with van der Waals surface area (Å²) in [5.41, 5.74) is 1.30. The lowest BCUT2D eigenvalue weighted by Crippen LogP contribution is -2.29. The smallest absolute Gasteiger partial charge is 0.328 e. The fraction of sp³-hybridized carbons (Fsp3) is 0.250. The third-order valence-electron chi connectivity index (χ3n) is 2.60. The largest absolute Gasteiger partial charge is 0.478 e. The van der Waals surface area contributed by atoms with Crippen molar-refractivity contribution in [2.45, 2.75) is 19.3 Å². The van der Waals surface area contributed by atoms with Gasteiger partial charge in [-0.05, 0) is 36.6 Å². The molecule has 0 saturated heterocycles. The summed E-state index contributed by atoms with van der Waals surface area (Å²) in [6, 6.07) is 6.62. The Morgan fingerprint density at radius 2 is 2.14 bits per heavy atom. The van der Waals surface area contributed by atoms with Crippen molar-refractivity contribution in [1.29, 1.82) is 0 Å². The minimum atomic E-state index is -1.02. The molecule has 0 heterocycles. The van der Waals surface area contributed by atoms with Gasteiger partial charge in [0.05, 0.1) is 0 Å². The lowest BCUT2D eigenvalue weighted by molar-refractivity contribution is -0.131. The number of anilines is 1. The molecule has 0 spiro atoms. The fourth-order valence-electron chi connectivity index (χ4n) is 1.62. The average Bonchev–Trinajstić information content (AvgIpc) is 2.45. The van der Waals surface area contributed by atoms with Gasteiger partial charge in [0.15, 0.2) is 0 Å². The maximum atomic E-state index is 11.6. The van der Waals surface area contributed by atoms with Crippen molar-refractivity contribution in [3.63, 3.8) is 0 Å². The minimum Gasteiger partial charge on any atom is -0.478 e. The predicted octanol–water partition coefficient (Wildman–Crippen LogP) is 2.71. The van der Waals surface area contributed by atoms with Crippen LogP contribution in [0.4, 0.5) is 10.5 Å². The van der Waals surface area contributed by atoms with Gasteiger partial charge >= 0.3 is 12.0 Å². The summed E-state index contributed by atoms with van der Waals surface area (Å²) < 4.78 is 0. The fourth-order valence-corrected chi connectivity index (χ4v) is 1.62. The number of urea groups is 1. The minimum absolute atomic E-state index is 0.296. The summed E-state index contributed by atoms with van der Waals surface area (Å²) in [5.74, 6) is 1.53. The van der Waals surface area contributed by atoms with Gasteiger partial charge in [-0.3, -0.25) is 0 Å². The van der Waals surface area contributed by atoms with Crippen molar-refractivity contribution >= 4 is 23.8 Å². The second kappa shape index (κ2) is 9.21. The maximum Gasteiger partial charge on any atom is 0.328 e. The summed E-state index contributed by atoms with van der Waals surface area (Å²) in [6.45, 7) is 0.562. The SMILES string of the molecule is C#CCCCCNC(=O)Nc1cccc(/C=C/C(=O)O)c1. The summed E-state index contributed by atoms with van der Waals surface area (Å²) >= 11 is 0. The zero-order chi connectivity index (χ0) is 15.5. The zero-order valence-electron chi connectivity index (χ0n) is 11.6. The number of carbonyl (C=O) groups is 2. The Hall–Kier alpha value is -2.74. The normalized spacial score (nSPS) is 10.0. The molecule has 1 aromatic carbocycles. The van der Waals surface area contributed by atoms with Gasteiger partial charge in [-0.1, -0.05) is 12.1 Å². The van der Waals surface area contributed by atoms with Crippen molar-refractivity contribution in [3.05, 3.63) is 35.9 Å². The molecule has 0 atom stereocenters. The van der Waals surface area contributed by atoms with Crippen LogP contribution in [0.2, 0.25) is 0 Å². The second-order valence-corrected chi connectivity index (χ2v) is 4.34. The molecule has 3 N–H and O–H groups in total. The molecule has 5 nitrogen and oxygen atoms in total. The molecule has 110 valence electrons. The Bertz CT molecular complexity index is 559. The molecule has 0 aliphatic heterocycles.